The molecule has 3 N–H and O–H groups in total. The first kappa shape index (κ1) is 15.3. The van der Waals surface area contributed by atoms with Crippen LogP contribution in [0.4, 0.5) is 4.39 Å². The molecule has 0 saturated carbocycles. The Morgan fingerprint density at radius 1 is 1.32 bits per heavy atom. The fourth-order valence-electron chi connectivity index (χ4n) is 1.25. The van der Waals surface area contributed by atoms with Crippen LogP contribution in [0.15, 0.2) is 24.3 Å². The van der Waals surface area contributed by atoms with Crippen LogP contribution in [0.5, 0.6) is 0 Å². The summed E-state index contributed by atoms with van der Waals surface area (Å²) in [5.41, 5.74) is 5.31. The van der Waals surface area contributed by atoms with E-state index in [4.69, 9.17) is 17.0 Å². The number of hydrazine groups is 1. The number of hydrogen-bond donors (Lipinski definition) is 3. The van der Waals surface area contributed by atoms with E-state index in [1.165, 1.54) is 24.3 Å². The minimum atomic E-state index is -0.389. The summed E-state index contributed by atoms with van der Waals surface area (Å²) < 4.78 is 17.6. The number of hydrogen-bond acceptors (Lipinski definition) is 3. The van der Waals surface area contributed by atoms with Gasteiger partial charge in [-0.05, 0) is 42.9 Å². The van der Waals surface area contributed by atoms with Crippen molar-refractivity contribution in [1.29, 1.82) is 0 Å². The van der Waals surface area contributed by atoms with E-state index in [0.29, 0.717) is 23.8 Å². The van der Waals surface area contributed by atoms with Gasteiger partial charge in [0.05, 0.1) is 0 Å². The van der Waals surface area contributed by atoms with Crippen LogP contribution in [-0.4, -0.2) is 31.3 Å². The highest BCUT2D eigenvalue weighted by Crippen LogP contribution is 2.01. The molecule has 0 aliphatic heterocycles. The molecule has 1 aromatic carbocycles. The lowest BCUT2D eigenvalue weighted by molar-refractivity contribution is 0.0943. The van der Waals surface area contributed by atoms with E-state index in [2.05, 4.69) is 16.2 Å². The van der Waals surface area contributed by atoms with Gasteiger partial charge in [0.1, 0.15) is 5.82 Å². The van der Waals surface area contributed by atoms with Gasteiger partial charge in [-0.25, -0.2) is 4.39 Å². The second-order valence-electron chi connectivity index (χ2n) is 3.69. The van der Waals surface area contributed by atoms with E-state index in [9.17, 15) is 9.18 Å². The lowest BCUT2D eigenvalue weighted by Gasteiger charge is -2.11. The van der Waals surface area contributed by atoms with Crippen LogP contribution in [-0.2, 0) is 4.74 Å². The molecule has 0 fully saturated rings. The van der Waals surface area contributed by atoms with Crippen LogP contribution in [0.3, 0.4) is 0 Å². The Kier molecular flexibility index (Phi) is 6.76. The first-order valence-corrected chi connectivity index (χ1v) is 6.13. The molecule has 19 heavy (non-hydrogen) atoms. The van der Waals surface area contributed by atoms with E-state index in [1.807, 2.05) is 0 Å². The van der Waals surface area contributed by atoms with Crippen molar-refractivity contribution in [2.75, 3.05) is 20.3 Å². The summed E-state index contributed by atoms with van der Waals surface area (Å²) >= 11 is 4.95. The van der Waals surface area contributed by atoms with E-state index >= 15 is 0 Å². The highest BCUT2D eigenvalue weighted by atomic mass is 32.1. The third-order valence-electron chi connectivity index (χ3n) is 2.21. The zero-order valence-corrected chi connectivity index (χ0v) is 11.3. The quantitative estimate of drug-likeness (QED) is 0.427. The number of carbonyl (C=O) groups is 1. The number of carbonyl (C=O) groups excluding carboxylic acids is 1. The van der Waals surface area contributed by atoms with Gasteiger partial charge in [-0.15, -0.1) is 0 Å². The van der Waals surface area contributed by atoms with Crippen molar-refractivity contribution in [2.24, 2.45) is 0 Å². The molecule has 0 bridgehead atoms. The van der Waals surface area contributed by atoms with E-state index in [1.54, 1.807) is 7.11 Å². The summed E-state index contributed by atoms with van der Waals surface area (Å²) in [6.07, 6.45) is 0.810. The summed E-state index contributed by atoms with van der Waals surface area (Å²) in [4.78, 5) is 11.6. The van der Waals surface area contributed by atoms with Gasteiger partial charge in [-0.3, -0.25) is 15.6 Å². The van der Waals surface area contributed by atoms with Gasteiger partial charge in [0.15, 0.2) is 5.11 Å². The largest absolute Gasteiger partial charge is 0.385 e. The molecule has 0 saturated heterocycles. The standard InChI is InChI=1S/C12H16FN3O2S/c1-18-8-2-7-14-12(19)16-15-11(17)9-3-5-10(13)6-4-9/h3-6H,2,7-8H2,1H3,(H,15,17)(H2,14,16,19). The summed E-state index contributed by atoms with van der Waals surface area (Å²) in [6, 6.07) is 5.22. The zero-order valence-electron chi connectivity index (χ0n) is 10.5. The molecule has 1 rings (SSSR count). The summed E-state index contributed by atoms with van der Waals surface area (Å²) in [6.45, 7) is 1.28. The number of nitrogens with one attached hydrogen (secondary N) is 3. The normalized spacial score (nSPS) is 9.79. The third kappa shape index (κ3) is 6.12. The molecule has 1 amide bonds. The Balaban J connectivity index is 2.26. The fraction of sp³-hybridized carbons (Fsp3) is 0.333. The molecular weight excluding hydrogens is 269 g/mol. The maximum absolute atomic E-state index is 12.7. The Morgan fingerprint density at radius 3 is 2.63 bits per heavy atom. The van der Waals surface area contributed by atoms with Crippen molar-refractivity contribution in [1.82, 2.24) is 16.2 Å². The highest BCUT2D eigenvalue weighted by Gasteiger charge is 2.05. The van der Waals surface area contributed by atoms with Crippen LogP contribution in [0.2, 0.25) is 0 Å². The number of rotatable bonds is 5. The lowest BCUT2D eigenvalue weighted by atomic mass is 10.2. The van der Waals surface area contributed by atoms with Gasteiger partial charge >= 0.3 is 0 Å². The lowest BCUT2D eigenvalue weighted by Crippen LogP contribution is -2.47. The van der Waals surface area contributed by atoms with Crippen molar-refractivity contribution in [3.8, 4) is 0 Å². The van der Waals surface area contributed by atoms with Crippen molar-refractivity contribution in [3.63, 3.8) is 0 Å². The molecule has 0 heterocycles. The molecule has 0 aromatic heterocycles. The molecule has 0 spiro atoms. The number of halogens is 1. The predicted molar refractivity (Wildman–Crippen MR) is 74.1 cm³/mol. The average Bonchev–Trinajstić information content (AvgIpc) is 2.42. The van der Waals surface area contributed by atoms with Crippen LogP contribution in [0.25, 0.3) is 0 Å². The number of methoxy groups -OCH3 is 1. The van der Waals surface area contributed by atoms with E-state index in [-0.39, 0.29) is 11.7 Å². The van der Waals surface area contributed by atoms with E-state index in [0.717, 1.165) is 6.42 Å². The second-order valence-corrected chi connectivity index (χ2v) is 4.10. The third-order valence-corrected chi connectivity index (χ3v) is 2.45. The van der Waals surface area contributed by atoms with Crippen molar-refractivity contribution in [2.45, 2.75) is 6.42 Å². The number of ether oxygens (including phenoxy) is 1. The molecule has 0 aliphatic carbocycles. The Bertz CT molecular complexity index is 425. The highest BCUT2D eigenvalue weighted by molar-refractivity contribution is 7.80. The molecule has 0 aliphatic rings. The molecule has 7 heteroatoms. The summed E-state index contributed by atoms with van der Waals surface area (Å²) in [5.74, 6) is -0.777. The maximum Gasteiger partial charge on any atom is 0.269 e. The Hall–Kier alpha value is -1.73. The van der Waals surface area contributed by atoms with Crippen molar-refractivity contribution < 1.29 is 13.9 Å². The van der Waals surface area contributed by atoms with Gasteiger partial charge in [0.25, 0.3) is 5.91 Å². The van der Waals surface area contributed by atoms with Gasteiger partial charge in [0.2, 0.25) is 0 Å². The predicted octanol–water partition coefficient (Wildman–Crippen LogP) is 0.971. The van der Waals surface area contributed by atoms with E-state index < -0.39 is 0 Å². The van der Waals surface area contributed by atoms with Crippen molar-refractivity contribution >= 4 is 23.2 Å². The monoisotopic (exact) mass is 285 g/mol. The Morgan fingerprint density at radius 2 is 2.00 bits per heavy atom. The van der Waals surface area contributed by atoms with Gasteiger partial charge in [0, 0.05) is 25.8 Å². The van der Waals surface area contributed by atoms with Crippen LogP contribution in [0.1, 0.15) is 16.8 Å². The molecule has 5 nitrogen and oxygen atoms in total. The minimum absolute atomic E-state index is 0.312. The first-order valence-electron chi connectivity index (χ1n) is 5.72. The van der Waals surface area contributed by atoms with Crippen LogP contribution >= 0.6 is 12.2 Å². The first-order chi connectivity index (χ1) is 9.13. The number of benzene rings is 1. The molecule has 0 radical (unpaired) electrons. The maximum atomic E-state index is 12.7. The van der Waals surface area contributed by atoms with Crippen LogP contribution < -0.4 is 16.2 Å². The zero-order chi connectivity index (χ0) is 14.1. The van der Waals surface area contributed by atoms with Crippen LogP contribution in [0, 0.1) is 5.82 Å². The van der Waals surface area contributed by atoms with Gasteiger partial charge in [-0.2, -0.15) is 0 Å². The average molecular weight is 285 g/mol. The summed E-state index contributed by atoms with van der Waals surface area (Å²) in [5, 5.41) is 3.21. The second kappa shape index (κ2) is 8.39. The molecule has 1 aromatic rings. The molecule has 0 atom stereocenters. The number of amides is 1. The van der Waals surface area contributed by atoms with Gasteiger partial charge < -0.3 is 10.1 Å². The topological polar surface area (TPSA) is 62.4 Å². The smallest absolute Gasteiger partial charge is 0.269 e. The molecule has 104 valence electrons. The minimum Gasteiger partial charge on any atom is -0.385 e. The summed E-state index contributed by atoms with van der Waals surface area (Å²) in [7, 11) is 1.62. The molecule has 0 unspecified atom stereocenters. The Labute approximate surface area is 116 Å². The fourth-order valence-corrected chi connectivity index (χ4v) is 1.40. The molecular formula is C12H16FN3O2S. The SMILES string of the molecule is COCCCNC(=S)NNC(=O)c1ccc(F)cc1. The van der Waals surface area contributed by atoms with Gasteiger partial charge in [-0.1, -0.05) is 0 Å². The van der Waals surface area contributed by atoms with Crippen molar-refractivity contribution in [3.05, 3.63) is 35.6 Å². The number of thiocarbonyl (C=S) groups is 1.